The highest BCUT2D eigenvalue weighted by atomic mass is 16.5. The summed E-state index contributed by atoms with van der Waals surface area (Å²) in [4.78, 5) is 11.6. The summed E-state index contributed by atoms with van der Waals surface area (Å²) in [5, 5.41) is 0. The number of ether oxygens (including phenoxy) is 1. The lowest BCUT2D eigenvalue weighted by atomic mass is 10.0. The zero-order valence-electron chi connectivity index (χ0n) is 10.4. The summed E-state index contributed by atoms with van der Waals surface area (Å²) in [6.45, 7) is 6.51. The number of carbonyl (C=O) groups is 1. The second-order valence-corrected chi connectivity index (χ2v) is 3.97. The van der Waals surface area contributed by atoms with Crippen molar-refractivity contribution in [1.29, 1.82) is 0 Å². The Bertz CT molecular complexity index is 356. The first kappa shape index (κ1) is 12.8. The van der Waals surface area contributed by atoms with Crippen LogP contribution in [0.15, 0.2) is 18.2 Å². The minimum Gasteiger partial charge on any atom is -0.462 e. The van der Waals surface area contributed by atoms with Crippen molar-refractivity contribution in [3.63, 3.8) is 0 Å². The van der Waals surface area contributed by atoms with Gasteiger partial charge in [0, 0.05) is 0 Å². The molecule has 0 bridgehead atoms. The average molecular weight is 220 g/mol. The summed E-state index contributed by atoms with van der Waals surface area (Å²) >= 11 is 0. The van der Waals surface area contributed by atoms with E-state index in [1.807, 2.05) is 25.1 Å². The number of carbonyl (C=O) groups excluding carboxylic acids is 1. The lowest BCUT2D eigenvalue weighted by Crippen LogP contribution is -2.05. The molecule has 1 aromatic carbocycles. The molecule has 0 aromatic heterocycles. The van der Waals surface area contributed by atoms with Gasteiger partial charge in [0.2, 0.25) is 0 Å². The monoisotopic (exact) mass is 220 g/mol. The molecule has 0 spiro atoms. The predicted molar refractivity (Wildman–Crippen MR) is 65.7 cm³/mol. The summed E-state index contributed by atoms with van der Waals surface area (Å²) in [6, 6.07) is 5.79. The Balaban J connectivity index is 2.84. The van der Waals surface area contributed by atoms with Crippen LogP contribution in [-0.4, -0.2) is 12.6 Å². The smallest absolute Gasteiger partial charge is 0.338 e. The molecule has 2 heteroatoms. The first-order valence-electron chi connectivity index (χ1n) is 5.95. The molecule has 0 radical (unpaired) electrons. The maximum absolute atomic E-state index is 11.6. The second kappa shape index (κ2) is 6.31. The maximum atomic E-state index is 11.6. The quantitative estimate of drug-likeness (QED) is 0.710. The van der Waals surface area contributed by atoms with E-state index in [0.717, 1.165) is 12.8 Å². The van der Waals surface area contributed by atoms with Crippen LogP contribution in [0, 0.1) is 6.92 Å². The molecule has 0 unspecified atom stereocenters. The number of aryl methyl sites for hydroxylation is 2. The Morgan fingerprint density at radius 2 is 2.06 bits per heavy atom. The molecule has 0 saturated heterocycles. The van der Waals surface area contributed by atoms with E-state index in [-0.39, 0.29) is 5.97 Å². The lowest BCUT2D eigenvalue weighted by molar-refractivity contribution is 0.0526. The van der Waals surface area contributed by atoms with Crippen LogP contribution >= 0.6 is 0 Å². The molecule has 0 heterocycles. The normalized spacial score (nSPS) is 10.2. The van der Waals surface area contributed by atoms with E-state index in [2.05, 4.69) is 13.8 Å². The molecule has 16 heavy (non-hydrogen) atoms. The van der Waals surface area contributed by atoms with Gasteiger partial charge >= 0.3 is 5.97 Å². The minimum atomic E-state index is -0.222. The van der Waals surface area contributed by atoms with Gasteiger partial charge < -0.3 is 4.74 Å². The average Bonchev–Trinajstić information content (AvgIpc) is 2.28. The number of esters is 1. The van der Waals surface area contributed by atoms with Gasteiger partial charge in [0.25, 0.3) is 0 Å². The fraction of sp³-hybridized carbons (Fsp3) is 0.500. The highest BCUT2D eigenvalue weighted by Crippen LogP contribution is 2.14. The van der Waals surface area contributed by atoms with Crippen LogP contribution in [0.4, 0.5) is 0 Å². The molecule has 0 fully saturated rings. The van der Waals surface area contributed by atoms with E-state index in [4.69, 9.17) is 4.74 Å². The van der Waals surface area contributed by atoms with E-state index < -0.39 is 0 Å². The molecule has 1 aromatic rings. The van der Waals surface area contributed by atoms with E-state index in [0.29, 0.717) is 12.2 Å². The van der Waals surface area contributed by atoms with Crippen molar-refractivity contribution in [1.82, 2.24) is 0 Å². The highest BCUT2D eigenvalue weighted by molar-refractivity contribution is 5.89. The molecule has 0 aliphatic rings. The van der Waals surface area contributed by atoms with Crippen molar-refractivity contribution in [3.05, 3.63) is 34.9 Å². The van der Waals surface area contributed by atoms with Gasteiger partial charge in [-0.1, -0.05) is 19.4 Å². The third kappa shape index (κ3) is 3.37. The topological polar surface area (TPSA) is 26.3 Å². The number of rotatable bonds is 5. The van der Waals surface area contributed by atoms with Gasteiger partial charge in [0.05, 0.1) is 12.2 Å². The summed E-state index contributed by atoms with van der Waals surface area (Å²) in [7, 11) is 0. The van der Waals surface area contributed by atoms with Crippen LogP contribution in [0.1, 0.15) is 48.2 Å². The molecule has 2 nitrogen and oxygen atoms in total. The van der Waals surface area contributed by atoms with Crippen molar-refractivity contribution in [3.8, 4) is 0 Å². The molecule has 0 N–H and O–H groups in total. The molecule has 0 aliphatic heterocycles. The number of hydrogen-bond donors (Lipinski definition) is 0. The largest absolute Gasteiger partial charge is 0.462 e. The second-order valence-electron chi connectivity index (χ2n) is 3.97. The Morgan fingerprint density at radius 3 is 2.69 bits per heavy atom. The molecule has 1 rings (SSSR count). The summed E-state index contributed by atoms with van der Waals surface area (Å²) < 4.78 is 4.99. The molecular formula is C14H20O2. The van der Waals surface area contributed by atoms with Crippen LogP contribution < -0.4 is 0 Å². The van der Waals surface area contributed by atoms with E-state index >= 15 is 0 Å². The standard InChI is InChI=1S/C14H20O2/c1-4-6-7-12-10-13(9-8-11(12)3)14(15)16-5-2/h8-10H,4-7H2,1-3H3. The summed E-state index contributed by atoms with van der Waals surface area (Å²) in [6.07, 6.45) is 3.37. The van der Waals surface area contributed by atoms with Crippen LogP contribution in [0.3, 0.4) is 0 Å². The van der Waals surface area contributed by atoms with E-state index in [9.17, 15) is 4.79 Å². The van der Waals surface area contributed by atoms with Gasteiger partial charge in [-0.05, 0) is 49.9 Å². The van der Waals surface area contributed by atoms with Gasteiger partial charge in [-0.3, -0.25) is 0 Å². The predicted octanol–water partition coefficient (Wildman–Crippen LogP) is 3.51. The lowest BCUT2D eigenvalue weighted by Gasteiger charge is -2.08. The SMILES string of the molecule is CCCCc1cc(C(=O)OCC)ccc1C. The Labute approximate surface area is 97.6 Å². The summed E-state index contributed by atoms with van der Waals surface area (Å²) in [5.41, 5.74) is 3.17. The van der Waals surface area contributed by atoms with E-state index in [1.165, 1.54) is 17.5 Å². The van der Waals surface area contributed by atoms with Gasteiger partial charge in [0.15, 0.2) is 0 Å². The van der Waals surface area contributed by atoms with Gasteiger partial charge in [-0.25, -0.2) is 4.79 Å². The number of benzene rings is 1. The number of hydrogen-bond acceptors (Lipinski definition) is 2. The first-order chi connectivity index (χ1) is 7.69. The van der Waals surface area contributed by atoms with Gasteiger partial charge in [-0.2, -0.15) is 0 Å². The number of unbranched alkanes of at least 4 members (excludes halogenated alkanes) is 1. The van der Waals surface area contributed by atoms with Crippen LogP contribution in [0.5, 0.6) is 0 Å². The van der Waals surface area contributed by atoms with E-state index in [1.54, 1.807) is 0 Å². The fourth-order valence-corrected chi connectivity index (χ4v) is 1.65. The zero-order chi connectivity index (χ0) is 12.0. The molecular weight excluding hydrogens is 200 g/mol. The van der Waals surface area contributed by atoms with Gasteiger partial charge in [0.1, 0.15) is 0 Å². The van der Waals surface area contributed by atoms with Crippen molar-refractivity contribution in [2.24, 2.45) is 0 Å². The highest BCUT2D eigenvalue weighted by Gasteiger charge is 2.08. The zero-order valence-corrected chi connectivity index (χ0v) is 10.4. The third-order valence-corrected chi connectivity index (χ3v) is 2.66. The summed E-state index contributed by atoms with van der Waals surface area (Å²) in [5.74, 6) is -0.222. The Kier molecular flexibility index (Phi) is 5.03. The van der Waals surface area contributed by atoms with Crippen LogP contribution in [0.2, 0.25) is 0 Å². The van der Waals surface area contributed by atoms with Crippen molar-refractivity contribution in [2.45, 2.75) is 40.0 Å². The van der Waals surface area contributed by atoms with Crippen LogP contribution in [0.25, 0.3) is 0 Å². The molecule has 0 atom stereocenters. The van der Waals surface area contributed by atoms with Crippen molar-refractivity contribution in [2.75, 3.05) is 6.61 Å². The maximum Gasteiger partial charge on any atom is 0.338 e. The first-order valence-corrected chi connectivity index (χ1v) is 5.95. The molecule has 0 aliphatic carbocycles. The minimum absolute atomic E-state index is 0.222. The third-order valence-electron chi connectivity index (χ3n) is 2.66. The van der Waals surface area contributed by atoms with Crippen molar-refractivity contribution < 1.29 is 9.53 Å². The Morgan fingerprint density at radius 1 is 1.31 bits per heavy atom. The van der Waals surface area contributed by atoms with Gasteiger partial charge in [-0.15, -0.1) is 0 Å². The molecule has 88 valence electrons. The van der Waals surface area contributed by atoms with Crippen LogP contribution in [-0.2, 0) is 11.2 Å². The Hall–Kier alpha value is -1.31. The van der Waals surface area contributed by atoms with Crippen molar-refractivity contribution >= 4 is 5.97 Å². The molecule has 0 saturated carbocycles. The molecule has 0 amide bonds. The fourth-order valence-electron chi connectivity index (χ4n) is 1.65.